The highest BCUT2D eigenvalue weighted by molar-refractivity contribution is 5.88. The van der Waals surface area contributed by atoms with E-state index in [4.69, 9.17) is 9.97 Å². The maximum Gasteiger partial charge on any atom is 0.160 e. The van der Waals surface area contributed by atoms with Crippen LogP contribution < -0.4 is 0 Å². The van der Waals surface area contributed by atoms with Crippen molar-refractivity contribution in [2.45, 2.75) is 0 Å². The van der Waals surface area contributed by atoms with E-state index in [2.05, 4.69) is 168 Å². The number of aromatic nitrogens is 4. The smallest absolute Gasteiger partial charge is 0.160 e. The van der Waals surface area contributed by atoms with E-state index in [1.165, 1.54) is 33.0 Å². The monoisotopic (exact) mass is 638 g/mol. The number of rotatable bonds is 6. The summed E-state index contributed by atoms with van der Waals surface area (Å²) in [4.78, 5) is 19.1. The fourth-order valence-electron chi connectivity index (χ4n) is 6.49. The zero-order valence-electron chi connectivity index (χ0n) is 27.1. The third kappa shape index (κ3) is 5.80. The van der Waals surface area contributed by atoms with Crippen LogP contribution in [0.25, 0.3) is 89.1 Å². The van der Waals surface area contributed by atoms with Crippen LogP contribution in [0.2, 0.25) is 0 Å². The first-order valence-electron chi connectivity index (χ1n) is 16.7. The van der Waals surface area contributed by atoms with Gasteiger partial charge in [0.15, 0.2) is 5.82 Å². The van der Waals surface area contributed by atoms with Crippen LogP contribution in [-0.4, -0.2) is 19.9 Å². The number of fused-ring (bicyclic) bond motifs is 2. The van der Waals surface area contributed by atoms with Crippen molar-refractivity contribution in [2.75, 3.05) is 0 Å². The maximum atomic E-state index is 5.12. The van der Waals surface area contributed by atoms with Gasteiger partial charge < -0.3 is 0 Å². The van der Waals surface area contributed by atoms with E-state index in [1.807, 2.05) is 12.1 Å². The highest BCUT2D eigenvalue weighted by atomic mass is 14.9. The van der Waals surface area contributed by atoms with E-state index in [0.717, 1.165) is 50.2 Å². The molecule has 0 fully saturated rings. The van der Waals surface area contributed by atoms with Crippen LogP contribution >= 0.6 is 0 Å². The lowest BCUT2D eigenvalue weighted by atomic mass is 9.99. The van der Waals surface area contributed by atoms with Crippen molar-refractivity contribution >= 4 is 21.8 Å². The predicted octanol–water partition coefficient (Wildman–Crippen LogP) is 11.6. The molecule has 0 saturated heterocycles. The summed E-state index contributed by atoms with van der Waals surface area (Å²) in [5.41, 5.74) is 13.4. The summed E-state index contributed by atoms with van der Waals surface area (Å²) in [6, 6.07) is 59.5. The molecule has 0 bridgehead atoms. The molecule has 4 heteroatoms. The van der Waals surface area contributed by atoms with Gasteiger partial charge in [-0.1, -0.05) is 146 Å². The Kier molecular flexibility index (Phi) is 7.45. The molecule has 0 unspecified atom stereocenters. The van der Waals surface area contributed by atoms with Gasteiger partial charge in [-0.15, -0.1) is 0 Å². The second kappa shape index (κ2) is 12.7. The van der Waals surface area contributed by atoms with Gasteiger partial charge in [0.2, 0.25) is 0 Å². The highest BCUT2D eigenvalue weighted by Crippen LogP contribution is 2.32. The fourth-order valence-corrected chi connectivity index (χ4v) is 6.49. The summed E-state index contributed by atoms with van der Waals surface area (Å²) in [6.07, 6.45) is 3.44. The second-order valence-corrected chi connectivity index (χ2v) is 12.4. The quantitative estimate of drug-likeness (QED) is 0.182. The minimum absolute atomic E-state index is 0.680. The summed E-state index contributed by atoms with van der Waals surface area (Å²) in [5.74, 6) is 0.680. The number of benzene rings is 7. The van der Waals surface area contributed by atoms with Gasteiger partial charge in [0.1, 0.15) is 0 Å². The van der Waals surface area contributed by atoms with E-state index in [-0.39, 0.29) is 0 Å². The maximum absolute atomic E-state index is 5.12. The molecule has 0 saturated carbocycles. The lowest BCUT2D eigenvalue weighted by Crippen LogP contribution is -1.96. The van der Waals surface area contributed by atoms with Gasteiger partial charge in [-0.05, 0) is 68.4 Å². The van der Waals surface area contributed by atoms with Crippen LogP contribution in [0.15, 0.2) is 182 Å². The molecule has 7 aromatic carbocycles. The molecule has 0 aliphatic carbocycles. The topological polar surface area (TPSA) is 51.6 Å². The Bertz CT molecular complexity index is 2470. The molecule has 4 nitrogen and oxygen atoms in total. The minimum Gasteiger partial charge on any atom is -0.253 e. The number of hydrogen-bond donors (Lipinski definition) is 0. The van der Waals surface area contributed by atoms with E-state index < -0.39 is 0 Å². The summed E-state index contributed by atoms with van der Waals surface area (Å²) >= 11 is 0. The van der Waals surface area contributed by atoms with Crippen LogP contribution in [0, 0.1) is 0 Å². The van der Waals surface area contributed by atoms with Crippen molar-refractivity contribution in [1.29, 1.82) is 0 Å². The van der Waals surface area contributed by atoms with E-state index in [9.17, 15) is 0 Å². The van der Waals surface area contributed by atoms with Crippen molar-refractivity contribution < 1.29 is 0 Å². The zero-order valence-corrected chi connectivity index (χ0v) is 27.1. The Morgan fingerprint density at radius 3 is 1.40 bits per heavy atom. The predicted molar refractivity (Wildman–Crippen MR) is 205 cm³/mol. The Hall–Kier alpha value is -6.78. The molecular weight excluding hydrogens is 609 g/mol. The van der Waals surface area contributed by atoms with Gasteiger partial charge in [-0.25, -0.2) is 9.97 Å². The molecule has 0 radical (unpaired) electrons. The second-order valence-electron chi connectivity index (χ2n) is 12.4. The van der Waals surface area contributed by atoms with Crippen molar-refractivity contribution in [1.82, 2.24) is 19.9 Å². The van der Waals surface area contributed by atoms with Gasteiger partial charge in [-0.3, -0.25) is 9.97 Å². The van der Waals surface area contributed by atoms with Crippen LogP contribution in [0.5, 0.6) is 0 Å². The van der Waals surface area contributed by atoms with E-state index >= 15 is 0 Å². The summed E-state index contributed by atoms with van der Waals surface area (Å²) < 4.78 is 0. The molecule has 0 atom stereocenters. The molecule has 2 heterocycles. The van der Waals surface area contributed by atoms with E-state index in [0.29, 0.717) is 5.82 Å². The molecule has 234 valence electrons. The highest BCUT2D eigenvalue weighted by Gasteiger charge is 2.13. The molecule has 0 amide bonds. The Labute approximate surface area is 290 Å². The average Bonchev–Trinajstić information content (AvgIpc) is 3.21. The van der Waals surface area contributed by atoms with Gasteiger partial charge >= 0.3 is 0 Å². The zero-order chi connectivity index (χ0) is 33.3. The first-order chi connectivity index (χ1) is 24.7. The van der Waals surface area contributed by atoms with Crippen molar-refractivity contribution in [3.63, 3.8) is 0 Å². The van der Waals surface area contributed by atoms with Crippen molar-refractivity contribution in [2.24, 2.45) is 0 Å². The normalized spacial score (nSPS) is 11.2. The minimum atomic E-state index is 0.680. The summed E-state index contributed by atoms with van der Waals surface area (Å²) in [5, 5.41) is 2.48. The molecule has 9 rings (SSSR count). The first-order valence-corrected chi connectivity index (χ1v) is 16.7. The number of nitrogens with zero attached hydrogens (tertiary/aromatic N) is 4. The van der Waals surface area contributed by atoms with Crippen molar-refractivity contribution in [3.8, 4) is 67.3 Å². The molecule has 9 aromatic rings. The first kappa shape index (κ1) is 29.4. The lowest BCUT2D eigenvalue weighted by Gasteiger charge is -2.11. The van der Waals surface area contributed by atoms with Gasteiger partial charge in [0.05, 0.1) is 22.4 Å². The molecule has 0 aliphatic rings. The largest absolute Gasteiger partial charge is 0.253 e. The standard InChI is InChI=1S/C46H30N4/c1-2-6-31(7-3-1)33-10-17-36(18-11-33)43-30-44(37-19-12-34(13-20-37)40-23-16-32-8-4-5-9-39(32)28-40)50-46(49-43)38-21-14-35(15-22-38)41-24-25-42-45(29-41)48-27-26-47-42/h1-30H. The average molecular weight is 639 g/mol. The van der Waals surface area contributed by atoms with Gasteiger partial charge in [0, 0.05) is 29.1 Å². The third-order valence-electron chi connectivity index (χ3n) is 9.22. The van der Waals surface area contributed by atoms with Crippen LogP contribution in [0.1, 0.15) is 0 Å². The van der Waals surface area contributed by atoms with Crippen LogP contribution in [-0.2, 0) is 0 Å². The summed E-state index contributed by atoms with van der Waals surface area (Å²) in [7, 11) is 0. The van der Waals surface area contributed by atoms with Gasteiger partial charge in [-0.2, -0.15) is 0 Å². The molecule has 0 spiro atoms. The van der Waals surface area contributed by atoms with Crippen molar-refractivity contribution in [3.05, 3.63) is 182 Å². The third-order valence-corrected chi connectivity index (χ3v) is 9.22. The molecule has 50 heavy (non-hydrogen) atoms. The fraction of sp³-hybridized carbons (Fsp3) is 0. The SMILES string of the molecule is c1ccc(-c2ccc(-c3cc(-c4ccc(-c5ccc6ccccc6c5)cc4)nc(-c4ccc(-c5ccc6nccnc6c5)cc4)n3)cc2)cc1. The molecule has 0 aliphatic heterocycles. The van der Waals surface area contributed by atoms with Crippen LogP contribution in [0.4, 0.5) is 0 Å². The van der Waals surface area contributed by atoms with Gasteiger partial charge in [0.25, 0.3) is 0 Å². The van der Waals surface area contributed by atoms with Crippen LogP contribution in [0.3, 0.4) is 0 Å². The Balaban J connectivity index is 1.09. The lowest BCUT2D eigenvalue weighted by molar-refractivity contribution is 1.18. The summed E-state index contributed by atoms with van der Waals surface area (Å²) in [6.45, 7) is 0. The Morgan fingerprint density at radius 1 is 0.280 bits per heavy atom. The molecular formula is C46H30N4. The molecule has 0 N–H and O–H groups in total. The molecule has 2 aromatic heterocycles. The Morgan fingerprint density at radius 2 is 0.740 bits per heavy atom. The number of hydrogen-bond acceptors (Lipinski definition) is 4. The van der Waals surface area contributed by atoms with E-state index in [1.54, 1.807) is 12.4 Å².